The number of carboxylic acid groups (broad SMARTS) is 4. The van der Waals surface area contributed by atoms with Crippen LogP contribution in [0.3, 0.4) is 0 Å². The molecule has 26 nitrogen and oxygen atoms in total. The average Bonchev–Trinajstić information content (AvgIpc) is 3.66. The molecule has 0 saturated carbocycles. The molecule has 338 valence electrons. The zero-order valence-corrected chi connectivity index (χ0v) is 33.6. The van der Waals surface area contributed by atoms with Gasteiger partial charge in [0.25, 0.3) is 0 Å². The molecule has 15 N–H and O–H groups in total. The van der Waals surface area contributed by atoms with Gasteiger partial charge in [0.05, 0.1) is 0 Å². The number of nitrogens with two attached hydrogens (primary N) is 2. The highest BCUT2D eigenvalue weighted by atomic mass is 31.2. The number of hydrogen-bond donors (Lipinski definition) is 13. The van der Waals surface area contributed by atoms with E-state index in [9.17, 15) is 63.0 Å². The van der Waals surface area contributed by atoms with Crippen molar-refractivity contribution < 1.29 is 82.5 Å². The fraction of sp³-hybridized carbons (Fsp3) is 0.529. The summed E-state index contributed by atoms with van der Waals surface area (Å²) >= 11 is 0. The molecule has 0 bridgehead atoms. The number of rotatable bonds is 25. The summed E-state index contributed by atoms with van der Waals surface area (Å²) in [5.74, 6) is -10.00. The Labute approximate surface area is 347 Å². The largest absolute Gasteiger partial charge is 0.524 e. The normalized spacial score (nSPS) is 16.0. The summed E-state index contributed by atoms with van der Waals surface area (Å²) in [4.78, 5) is 136. The SMILES string of the molecule is C[C@H](NC(=O)[C@H](CCC(=O)O)NC(=O)[C@H](Cc1ccc(OP(=O)(O)O)cc1)NC(=O)N[C@@H](CCC(=O)O)C(=O)O)C(=O)N[C@@H](CCCN=C(N)N)C(=O)N1CCC[C@H]1C(=O)O. The molecule has 27 heteroatoms. The van der Waals surface area contributed by atoms with Crippen molar-refractivity contribution in [3.8, 4) is 5.75 Å². The lowest BCUT2D eigenvalue weighted by Gasteiger charge is -2.28. The third-order valence-corrected chi connectivity index (χ3v) is 9.32. The predicted octanol–water partition coefficient (Wildman–Crippen LogP) is -2.85. The number of benzene rings is 1. The molecule has 6 amide bonds. The van der Waals surface area contributed by atoms with E-state index in [-0.39, 0.29) is 49.6 Å². The van der Waals surface area contributed by atoms with E-state index >= 15 is 0 Å². The minimum absolute atomic E-state index is 0.0453. The maximum atomic E-state index is 13.7. The van der Waals surface area contributed by atoms with Crippen molar-refractivity contribution in [2.45, 2.75) is 101 Å². The average molecular weight is 888 g/mol. The minimum atomic E-state index is -4.95. The van der Waals surface area contributed by atoms with E-state index in [1.807, 2.05) is 5.32 Å². The Morgan fingerprint density at radius 3 is 1.89 bits per heavy atom. The number of aliphatic imine (C=N–C) groups is 1. The molecular weight excluding hydrogens is 837 g/mol. The molecule has 1 fully saturated rings. The number of phosphoric ester groups is 1. The number of nitrogens with zero attached hydrogens (tertiary/aromatic N) is 2. The highest BCUT2D eigenvalue weighted by Gasteiger charge is 2.38. The number of hydrogen-bond acceptors (Lipinski definition) is 12. The molecular formula is C34H50N9O17P. The van der Waals surface area contributed by atoms with Crippen molar-refractivity contribution in [3.05, 3.63) is 29.8 Å². The molecule has 2 rings (SSSR count). The van der Waals surface area contributed by atoms with Gasteiger partial charge in [-0.15, -0.1) is 0 Å². The van der Waals surface area contributed by atoms with Gasteiger partial charge in [0.2, 0.25) is 23.6 Å². The van der Waals surface area contributed by atoms with Crippen LogP contribution < -0.4 is 42.6 Å². The first-order valence-electron chi connectivity index (χ1n) is 18.5. The zero-order valence-electron chi connectivity index (χ0n) is 32.7. The fourth-order valence-electron chi connectivity index (χ4n) is 5.89. The molecule has 61 heavy (non-hydrogen) atoms. The lowest BCUT2D eigenvalue weighted by molar-refractivity contribution is -0.149. The van der Waals surface area contributed by atoms with Crippen molar-refractivity contribution in [3.63, 3.8) is 0 Å². The molecule has 0 aliphatic carbocycles. The van der Waals surface area contributed by atoms with E-state index in [0.717, 1.165) is 17.0 Å². The minimum Gasteiger partial charge on any atom is -0.481 e. The predicted molar refractivity (Wildman–Crippen MR) is 207 cm³/mol. The number of aliphatic carboxylic acids is 4. The topological polar surface area (TPSA) is 429 Å². The number of guanidine groups is 1. The lowest BCUT2D eigenvalue weighted by atomic mass is 10.0. The van der Waals surface area contributed by atoms with Crippen LogP contribution in [0, 0.1) is 0 Å². The first-order valence-corrected chi connectivity index (χ1v) is 20.1. The maximum absolute atomic E-state index is 13.7. The Hall–Kier alpha value is -6.53. The Morgan fingerprint density at radius 1 is 0.787 bits per heavy atom. The zero-order chi connectivity index (χ0) is 46.0. The van der Waals surface area contributed by atoms with Crippen LogP contribution in [0.15, 0.2) is 29.3 Å². The van der Waals surface area contributed by atoms with Gasteiger partial charge in [0, 0.05) is 32.4 Å². The van der Waals surface area contributed by atoms with Gasteiger partial charge in [-0.3, -0.25) is 43.5 Å². The fourth-order valence-corrected chi connectivity index (χ4v) is 6.28. The number of carboxylic acids is 4. The van der Waals surface area contributed by atoms with Crippen LogP contribution in [0.25, 0.3) is 0 Å². The monoisotopic (exact) mass is 887 g/mol. The number of phosphoric acid groups is 1. The standard InChI is InChI=1S/C34H50N9O17P/c1-17(27(48)40-21(4-2-14-37-33(35)36)30(51)43-15-3-5-24(43)32(54)55)38-28(49)20(10-12-25(44)45)39-29(50)23(16-18-6-8-19(9-7-18)60-61(57,58)59)42-34(56)41-22(31(52)53)11-13-26(46)47/h6-9,17,20-24H,2-5,10-16H2,1H3,(H,38,49)(H,39,50)(H,40,48)(H,44,45)(H,46,47)(H,52,53)(H,54,55)(H4,35,36,37)(H2,41,42,56)(H2,57,58,59)/t17-,20-,21-,22-,23-,24-/m0/s1. The number of amides is 6. The van der Waals surface area contributed by atoms with Gasteiger partial charge < -0.3 is 67.9 Å². The second kappa shape index (κ2) is 23.9. The van der Waals surface area contributed by atoms with Gasteiger partial charge in [-0.1, -0.05) is 12.1 Å². The first-order chi connectivity index (χ1) is 28.5. The third-order valence-electron chi connectivity index (χ3n) is 8.87. The number of likely N-dealkylation sites (tertiary alicyclic amines) is 1. The summed E-state index contributed by atoms with van der Waals surface area (Å²) in [5, 5.41) is 48.8. The Bertz CT molecular complexity index is 1850. The van der Waals surface area contributed by atoms with Gasteiger partial charge in [-0.2, -0.15) is 0 Å². The highest BCUT2D eigenvalue weighted by Crippen LogP contribution is 2.37. The van der Waals surface area contributed by atoms with Crippen molar-refractivity contribution in [1.29, 1.82) is 0 Å². The number of urea groups is 1. The molecule has 1 aliphatic heterocycles. The van der Waals surface area contributed by atoms with E-state index in [4.69, 9.17) is 26.4 Å². The van der Waals surface area contributed by atoms with Crippen molar-refractivity contribution in [2.75, 3.05) is 13.1 Å². The Morgan fingerprint density at radius 2 is 1.34 bits per heavy atom. The van der Waals surface area contributed by atoms with Crippen LogP contribution in [0.4, 0.5) is 4.79 Å². The summed E-state index contributed by atoms with van der Waals surface area (Å²) in [6.07, 6.45) is -2.20. The van der Waals surface area contributed by atoms with Gasteiger partial charge >= 0.3 is 37.7 Å². The van der Waals surface area contributed by atoms with Gasteiger partial charge in [-0.05, 0) is 63.1 Å². The third kappa shape index (κ3) is 18.5. The number of carbonyl (C=O) groups excluding carboxylic acids is 5. The number of nitrogens with one attached hydrogen (secondary N) is 5. The van der Waals surface area contributed by atoms with Crippen LogP contribution >= 0.6 is 7.82 Å². The quantitative estimate of drug-likeness (QED) is 0.0203. The van der Waals surface area contributed by atoms with Crippen molar-refractivity contribution in [2.24, 2.45) is 16.5 Å². The van der Waals surface area contributed by atoms with Gasteiger partial charge in [0.1, 0.15) is 42.0 Å². The maximum Gasteiger partial charge on any atom is 0.524 e. The molecule has 0 unspecified atom stereocenters. The van der Waals surface area contributed by atoms with Crippen molar-refractivity contribution in [1.82, 2.24) is 31.5 Å². The Balaban J connectivity index is 2.34. The molecule has 0 radical (unpaired) electrons. The van der Waals surface area contributed by atoms with Crippen LogP contribution in [0.1, 0.15) is 63.9 Å². The number of carbonyl (C=O) groups is 9. The lowest BCUT2D eigenvalue weighted by Crippen LogP contribution is -2.59. The summed E-state index contributed by atoms with van der Waals surface area (Å²) in [7, 11) is -4.95. The van der Waals surface area contributed by atoms with E-state index in [2.05, 4.69) is 30.8 Å². The molecule has 1 aliphatic rings. The van der Waals surface area contributed by atoms with E-state index in [0.29, 0.717) is 6.42 Å². The highest BCUT2D eigenvalue weighted by molar-refractivity contribution is 7.46. The van der Waals surface area contributed by atoms with Crippen LogP contribution in [0.2, 0.25) is 0 Å². The van der Waals surface area contributed by atoms with Crippen molar-refractivity contribution >= 4 is 67.3 Å². The summed E-state index contributed by atoms with van der Waals surface area (Å²) < 4.78 is 15.7. The van der Waals surface area contributed by atoms with E-state index < -0.39 is 130 Å². The molecule has 6 atom stereocenters. The molecule has 1 heterocycles. The second-order valence-corrected chi connectivity index (χ2v) is 14.8. The summed E-state index contributed by atoms with van der Waals surface area (Å²) in [6.45, 7) is 1.37. The van der Waals surface area contributed by atoms with Gasteiger partial charge in [-0.25, -0.2) is 18.9 Å². The molecule has 0 aromatic heterocycles. The van der Waals surface area contributed by atoms with Crippen LogP contribution in [-0.4, -0.2) is 144 Å². The molecule has 1 saturated heterocycles. The molecule has 1 aromatic rings. The Kier molecular flexibility index (Phi) is 19.8. The van der Waals surface area contributed by atoms with E-state index in [1.54, 1.807) is 0 Å². The molecule has 1 aromatic carbocycles. The van der Waals surface area contributed by atoms with E-state index in [1.165, 1.54) is 19.1 Å². The summed E-state index contributed by atoms with van der Waals surface area (Å²) in [6, 6.07) is -5.55. The van der Waals surface area contributed by atoms with Gasteiger partial charge in [0.15, 0.2) is 5.96 Å². The second-order valence-electron chi connectivity index (χ2n) is 13.7. The van der Waals surface area contributed by atoms with Crippen LogP contribution in [0.5, 0.6) is 5.75 Å². The first kappa shape index (κ1) is 50.6. The summed E-state index contributed by atoms with van der Waals surface area (Å²) in [5.41, 5.74) is 10.9. The van der Waals surface area contributed by atoms with Crippen LogP contribution in [-0.2, 0) is 49.3 Å². The molecule has 0 spiro atoms. The smallest absolute Gasteiger partial charge is 0.481 e.